The third kappa shape index (κ3) is 9.29. The zero-order valence-electron chi connectivity index (χ0n) is 0.825. The van der Waals surface area contributed by atoms with Gasteiger partial charge in [-0.1, -0.05) is 0 Å². The van der Waals surface area contributed by atoms with E-state index in [4.69, 9.17) is 4.66 Å². The maximum absolute atomic E-state index is 6.47. The summed E-state index contributed by atoms with van der Waals surface area (Å²) in [7, 11) is 0. The third-order valence-electron chi connectivity index (χ3n) is 0. The Bertz CT molecular complexity index is 8.00. The van der Waals surface area contributed by atoms with Crippen LogP contribution in [0.4, 0.5) is 0 Å². The van der Waals surface area contributed by atoms with Crippen LogP contribution in [0.2, 0.25) is 0 Å². The normalized spacial score (nSPS) is 1.50. The first-order chi connectivity index (χ1) is 1.00. The van der Waals surface area contributed by atoms with Crippen molar-refractivity contribution in [3.63, 3.8) is 0 Å². The van der Waals surface area contributed by atoms with Crippen LogP contribution in [0.3, 0.4) is 0 Å². The van der Waals surface area contributed by atoms with Crippen LogP contribution in [-0.4, -0.2) is 53.4 Å². The van der Waals surface area contributed by atoms with Crippen molar-refractivity contribution >= 4 is 60.6 Å². The molecule has 0 aliphatic heterocycles. The summed E-state index contributed by atoms with van der Waals surface area (Å²) in [6, 6.07) is 0. The van der Waals surface area contributed by atoms with E-state index in [1.807, 2.05) is 0 Å². The molecular weight excluding hydrogens is 120 g/mol. The molecule has 0 saturated heterocycles. The Hall–Kier alpha value is 1.73. The molecule has 0 amide bonds. The molecule has 4 heavy (non-hydrogen) atoms. The van der Waals surface area contributed by atoms with E-state index in [1.54, 1.807) is 0 Å². The van der Waals surface area contributed by atoms with E-state index in [-0.39, 0.29) is 48.7 Å². The molecular formula is H7CaClOSi. The van der Waals surface area contributed by atoms with Crippen LogP contribution in [-0.2, 0) is 0 Å². The van der Waals surface area contributed by atoms with Gasteiger partial charge in [0.05, 0.1) is 11.9 Å². The molecule has 0 aromatic rings. The maximum atomic E-state index is 6.47. The van der Waals surface area contributed by atoms with Crippen LogP contribution in [0.1, 0.15) is 0 Å². The number of halogens is 1. The van der Waals surface area contributed by atoms with Crippen LogP contribution in [0, 0.1) is 0 Å². The van der Waals surface area contributed by atoms with Crippen molar-refractivity contribution in [1.82, 2.24) is 0 Å². The van der Waals surface area contributed by atoms with Crippen LogP contribution >= 0.6 is 11.9 Å². The van der Waals surface area contributed by atoms with Gasteiger partial charge in [-0.15, -0.1) is 0 Å². The first-order valence-electron chi connectivity index (χ1n) is 0.169. The van der Waals surface area contributed by atoms with E-state index in [0.29, 0.717) is 0 Å². The molecule has 0 aromatic heterocycles. The predicted molar refractivity (Wildman–Crippen MR) is 27.9 cm³/mol. The summed E-state index contributed by atoms with van der Waals surface area (Å²) in [5.74, 6) is 0. The molecule has 0 aromatic carbocycles. The van der Waals surface area contributed by atoms with Crippen molar-refractivity contribution in [2.24, 2.45) is 0 Å². The summed E-state index contributed by atoms with van der Waals surface area (Å²) in [6.07, 6.45) is 0. The van der Waals surface area contributed by atoms with Gasteiger partial charge in [0, 0.05) is 0 Å². The van der Waals surface area contributed by atoms with E-state index in [1.165, 1.54) is 0 Å². The molecule has 0 rings (SSSR count). The van der Waals surface area contributed by atoms with E-state index in [0.717, 1.165) is 0 Å². The molecule has 0 spiro atoms. The van der Waals surface area contributed by atoms with Gasteiger partial charge >= 0.3 is 37.7 Å². The minimum absolute atomic E-state index is 0. The van der Waals surface area contributed by atoms with Crippen LogP contribution in [0.5, 0.6) is 0 Å². The second-order valence-electron chi connectivity index (χ2n) is 0. The van der Waals surface area contributed by atoms with Crippen molar-refractivity contribution in [3.8, 4) is 0 Å². The van der Waals surface area contributed by atoms with Crippen LogP contribution < -0.4 is 0 Å². The maximum Gasteiger partial charge on any atom is -0.0149 e. The van der Waals surface area contributed by atoms with Gasteiger partial charge in [0.2, 0.25) is 0 Å². The Morgan fingerprint density at radius 2 is 1.25 bits per heavy atom. The van der Waals surface area contributed by atoms with E-state index < -0.39 is 0 Å². The summed E-state index contributed by atoms with van der Waals surface area (Å²) in [5.41, 5.74) is 0. The Labute approximate surface area is 64.5 Å². The molecule has 0 radical (unpaired) electrons. The smallest absolute Gasteiger partial charge is 0.0149 e. The van der Waals surface area contributed by atoms with Crippen molar-refractivity contribution in [2.75, 3.05) is 0 Å². The SMILES string of the molecule is OCl.[CaH2].[SiH4]. The van der Waals surface area contributed by atoms with Gasteiger partial charge in [-0.2, -0.15) is 0 Å². The zero-order chi connectivity index (χ0) is 2.00. The van der Waals surface area contributed by atoms with Crippen LogP contribution in [0.25, 0.3) is 0 Å². The Morgan fingerprint density at radius 3 is 1.25 bits per heavy atom. The summed E-state index contributed by atoms with van der Waals surface area (Å²) < 4.78 is 6.47. The second kappa shape index (κ2) is 22.0. The van der Waals surface area contributed by atoms with Gasteiger partial charge in [-0.05, 0) is 11.0 Å². The summed E-state index contributed by atoms with van der Waals surface area (Å²) >= 11 is 3.64. The molecule has 0 fully saturated rings. The largest absolute Gasteiger partial charge is 0.0149 e. The van der Waals surface area contributed by atoms with Gasteiger partial charge in [0.1, 0.15) is 0 Å². The van der Waals surface area contributed by atoms with Gasteiger partial charge in [0.25, 0.3) is 0 Å². The quantitative estimate of drug-likeness (QED) is 0.364. The Balaban J connectivity index is -0.00000000500. The average molecular weight is 127 g/mol. The number of hydrogen-bond acceptors (Lipinski definition) is 1. The molecule has 0 aliphatic carbocycles. The fourth-order valence-electron chi connectivity index (χ4n) is 0. The molecule has 4 heteroatoms. The molecule has 0 heterocycles. The van der Waals surface area contributed by atoms with Gasteiger partial charge in [0.15, 0.2) is 0 Å². The summed E-state index contributed by atoms with van der Waals surface area (Å²) in [6.45, 7) is 0. The zero-order valence-corrected chi connectivity index (χ0v) is 1.58. The first kappa shape index (κ1) is 17.2. The van der Waals surface area contributed by atoms with E-state index >= 15 is 0 Å². The van der Waals surface area contributed by atoms with E-state index in [2.05, 4.69) is 11.9 Å². The van der Waals surface area contributed by atoms with Crippen molar-refractivity contribution in [1.29, 1.82) is 0 Å². The van der Waals surface area contributed by atoms with Crippen LogP contribution in [0.15, 0.2) is 0 Å². The van der Waals surface area contributed by atoms with Gasteiger partial charge < -0.3 is 0 Å². The fourth-order valence-corrected chi connectivity index (χ4v) is 0. The standard InChI is InChI=1S/Ca.ClHO.H4Si.2H/c;1-2;;;/h;2H;1H4;;. The van der Waals surface area contributed by atoms with Crippen molar-refractivity contribution in [3.05, 3.63) is 0 Å². The molecule has 0 saturated carbocycles. The minimum atomic E-state index is 0. The molecule has 0 atom stereocenters. The monoisotopic (exact) mass is 126 g/mol. The molecule has 1 nitrogen and oxygen atoms in total. The molecule has 1 N–H and O–H groups in total. The summed E-state index contributed by atoms with van der Waals surface area (Å²) in [5, 5.41) is 0. The Morgan fingerprint density at radius 1 is 1.25 bits per heavy atom. The molecule has 0 aliphatic rings. The Kier molecular flexibility index (Phi) is 94.7. The van der Waals surface area contributed by atoms with Gasteiger partial charge in [-0.3, -0.25) is 4.66 Å². The molecule has 26 valence electrons. The minimum Gasteiger partial charge on any atom is -0.0149 e. The fraction of sp³-hybridized carbons (Fsp3) is 0. The number of rotatable bonds is 0. The number of hydrogen-bond donors (Lipinski definition) is 1. The topological polar surface area (TPSA) is 20.2 Å². The molecule has 0 unspecified atom stereocenters. The van der Waals surface area contributed by atoms with Crippen molar-refractivity contribution in [2.45, 2.75) is 0 Å². The third-order valence-corrected chi connectivity index (χ3v) is 0. The molecule has 0 bridgehead atoms. The van der Waals surface area contributed by atoms with E-state index in [9.17, 15) is 0 Å². The average Bonchev–Trinajstić information content (AvgIpc) is 1.00. The summed E-state index contributed by atoms with van der Waals surface area (Å²) in [4.78, 5) is 0. The van der Waals surface area contributed by atoms with Crippen molar-refractivity contribution < 1.29 is 4.66 Å². The first-order valence-corrected chi connectivity index (χ1v) is 0.507. The van der Waals surface area contributed by atoms with Gasteiger partial charge in [-0.25, -0.2) is 0 Å². The predicted octanol–water partition coefficient (Wildman–Crippen LogP) is -2.24. The second-order valence-corrected chi connectivity index (χ2v) is 0.